The fraction of sp³-hybridized carbons (Fsp3) is 0.300. The zero-order chi connectivity index (χ0) is 20.1. The van der Waals surface area contributed by atoms with Gasteiger partial charge in [0.25, 0.3) is 0 Å². The number of hydrogen-bond donors (Lipinski definition) is 2. The molecule has 0 amide bonds. The normalized spacial score (nSPS) is 16.4. The molecule has 7 nitrogen and oxygen atoms in total. The molecule has 1 aromatic carbocycles. The maximum Gasteiger partial charge on any atom is 0.338 e. The topological polar surface area (TPSA) is 115 Å². The van der Waals surface area contributed by atoms with Gasteiger partial charge in [-0.25, -0.2) is 4.79 Å². The summed E-state index contributed by atoms with van der Waals surface area (Å²) in [6.07, 6.45) is 2.20. The van der Waals surface area contributed by atoms with Gasteiger partial charge in [0.05, 0.1) is 25.2 Å². The van der Waals surface area contributed by atoms with Crippen LogP contribution >= 0.6 is 0 Å². The lowest BCUT2D eigenvalue weighted by atomic mass is 9.81. The molecular formula is C20H22N2O5. The van der Waals surface area contributed by atoms with Gasteiger partial charge in [-0.2, -0.15) is 5.26 Å². The van der Waals surface area contributed by atoms with Gasteiger partial charge in [-0.05, 0) is 31.9 Å². The Balaban J connectivity index is 2.78. The number of nitrogens with two attached hydrogens (primary N) is 1. The van der Waals surface area contributed by atoms with Crippen LogP contribution in [0.1, 0.15) is 30.9 Å². The molecule has 0 radical (unpaired) electrons. The largest absolute Gasteiger partial charge is 0.504 e. The van der Waals surface area contributed by atoms with Crippen LogP contribution in [0.3, 0.4) is 0 Å². The molecule has 1 aliphatic heterocycles. The smallest absolute Gasteiger partial charge is 0.338 e. The van der Waals surface area contributed by atoms with Crippen LogP contribution in [0.5, 0.6) is 11.5 Å². The Labute approximate surface area is 157 Å². The summed E-state index contributed by atoms with van der Waals surface area (Å²) >= 11 is 0. The molecule has 0 bridgehead atoms. The maximum absolute atomic E-state index is 12.6. The highest BCUT2D eigenvalue weighted by atomic mass is 16.5. The molecule has 0 aromatic heterocycles. The first-order chi connectivity index (χ1) is 12.9. The third-order valence-corrected chi connectivity index (χ3v) is 4.18. The Morgan fingerprint density at radius 1 is 1.52 bits per heavy atom. The van der Waals surface area contributed by atoms with E-state index in [0.29, 0.717) is 12.0 Å². The van der Waals surface area contributed by atoms with E-state index >= 15 is 0 Å². The van der Waals surface area contributed by atoms with Crippen molar-refractivity contribution in [3.63, 3.8) is 0 Å². The number of phenols is 1. The van der Waals surface area contributed by atoms with Gasteiger partial charge >= 0.3 is 5.97 Å². The van der Waals surface area contributed by atoms with Gasteiger partial charge in [-0.1, -0.05) is 12.1 Å². The number of nitrogens with zero attached hydrogens (tertiary/aromatic N) is 1. The number of phenolic OH excluding ortho intramolecular Hbond substituents is 1. The predicted octanol–water partition coefficient (Wildman–Crippen LogP) is 2.77. The van der Waals surface area contributed by atoms with E-state index in [0.717, 1.165) is 5.56 Å². The van der Waals surface area contributed by atoms with Crippen molar-refractivity contribution in [2.45, 2.75) is 26.2 Å². The number of allylic oxidation sites excluding steroid dienone is 3. The van der Waals surface area contributed by atoms with Crippen molar-refractivity contribution in [2.24, 2.45) is 5.73 Å². The van der Waals surface area contributed by atoms with Gasteiger partial charge in [0.15, 0.2) is 11.5 Å². The number of carbonyl (C=O) groups is 1. The summed E-state index contributed by atoms with van der Waals surface area (Å²) in [7, 11) is 1.42. The first-order valence-corrected chi connectivity index (χ1v) is 8.35. The summed E-state index contributed by atoms with van der Waals surface area (Å²) in [5, 5.41) is 20.3. The number of hydrogen-bond acceptors (Lipinski definition) is 7. The molecule has 0 fully saturated rings. The molecule has 0 spiro atoms. The van der Waals surface area contributed by atoms with Crippen molar-refractivity contribution in [1.29, 1.82) is 5.26 Å². The highest BCUT2D eigenvalue weighted by molar-refractivity contribution is 5.93. The standard InChI is InChI=1S/C20H22N2O5/c1-5-7-12-8-13(18(23)15(9-12)25-4)17-14(10-21)19(22)27-11(3)16(17)20(24)26-6-2/h5,8-9,17,23H,1,6-7,22H2,2-4H3. The van der Waals surface area contributed by atoms with Gasteiger partial charge in [0.1, 0.15) is 17.4 Å². The average molecular weight is 370 g/mol. The van der Waals surface area contributed by atoms with Crippen molar-refractivity contribution in [2.75, 3.05) is 13.7 Å². The number of aromatic hydroxyl groups is 1. The number of methoxy groups -OCH3 is 1. The SMILES string of the molecule is C=CCc1cc(OC)c(O)c(C2C(C#N)=C(N)OC(C)=C2C(=O)OCC)c1. The van der Waals surface area contributed by atoms with Crippen molar-refractivity contribution in [1.82, 2.24) is 0 Å². The molecule has 1 aromatic rings. The van der Waals surface area contributed by atoms with Gasteiger partial charge in [-0.3, -0.25) is 0 Å². The zero-order valence-corrected chi connectivity index (χ0v) is 15.5. The van der Waals surface area contributed by atoms with E-state index in [1.807, 2.05) is 6.07 Å². The van der Waals surface area contributed by atoms with E-state index in [-0.39, 0.29) is 40.9 Å². The Bertz CT molecular complexity index is 877. The molecule has 0 aliphatic carbocycles. The van der Waals surface area contributed by atoms with E-state index in [9.17, 15) is 15.2 Å². The molecule has 2 rings (SSSR count). The lowest BCUT2D eigenvalue weighted by molar-refractivity contribution is -0.139. The highest BCUT2D eigenvalue weighted by Crippen LogP contribution is 2.46. The first-order valence-electron chi connectivity index (χ1n) is 8.35. The maximum atomic E-state index is 12.6. The van der Waals surface area contributed by atoms with Gasteiger partial charge < -0.3 is 25.1 Å². The van der Waals surface area contributed by atoms with Crippen LogP contribution in [-0.4, -0.2) is 24.8 Å². The molecule has 1 heterocycles. The van der Waals surface area contributed by atoms with Crippen LogP contribution in [0.15, 0.2) is 47.6 Å². The molecule has 3 N–H and O–H groups in total. The fourth-order valence-electron chi connectivity index (χ4n) is 3.01. The minimum atomic E-state index is -0.943. The molecule has 1 unspecified atom stereocenters. The lowest BCUT2D eigenvalue weighted by Gasteiger charge is -2.28. The van der Waals surface area contributed by atoms with Gasteiger partial charge in [-0.15, -0.1) is 6.58 Å². The molecule has 0 saturated heterocycles. The minimum absolute atomic E-state index is 0.0109. The Morgan fingerprint density at radius 2 is 2.22 bits per heavy atom. The lowest BCUT2D eigenvalue weighted by Crippen LogP contribution is -2.25. The number of nitriles is 1. The molecular weight excluding hydrogens is 348 g/mol. The number of benzene rings is 1. The van der Waals surface area contributed by atoms with E-state index in [1.165, 1.54) is 7.11 Å². The van der Waals surface area contributed by atoms with Gasteiger partial charge in [0, 0.05) is 5.56 Å². The summed E-state index contributed by atoms with van der Waals surface area (Å²) < 4.78 is 15.8. The second kappa shape index (κ2) is 8.32. The molecule has 7 heteroatoms. The van der Waals surface area contributed by atoms with Crippen molar-refractivity contribution in [3.8, 4) is 17.6 Å². The monoisotopic (exact) mass is 370 g/mol. The van der Waals surface area contributed by atoms with E-state index in [2.05, 4.69) is 6.58 Å². The van der Waals surface area contributed by atoms with Crippen LogP contribution in [0.4, 0.5) is 0 Å². The summed E-state index contributed by atoms with van der Waals surface area (Å²) in [5.41, 5.74) is 7.09. The highest BCUT2D eigenvalue weighted by Gasteiger charge is 2.38. The third-order valence-electron chi connectivity index (χ3n) is 4.18. The van der Waals surface area contributed by atoms with Crippen LogP contribution in [-0.2, 0) is 20.7 Å². The van der Waals surface area contributed by atoms with E-state index in [1.54, 1.807) is 32.1 Å². The van der Waals surface area contributed by atoms with E-state index in [4.69, 9.17) is 19.9 Å². The summed E-state index contributed by atoms with van der Waals surface area (Å²) in [6, 6.07) is 5.33. The van der Waals surface area contributed by atoms with E-state index < -0.39 is 11.9 Å². The number of carbonyl (C=O) groups excluding carboxylic acids is 1. The Morgan fingerprint density at radius 3 is 2.78 bits per heavy atom. The van der Waals surface area contributed by atoms with Crippen molar-refractivity contribution >= 4 is 5.97 Å². The Kier molecular flexibility index (Phi) is 6.14. The van der Waals surface area contributed by atoms with Crippen LogP contribution < -0.4 is 10.5 Å². The quantitative estimate of drug-likeness (QED) is 0.584. The average Bonchev–Trinajstić information content (AvgIpc) is 2.62. The molecule has 142 valence electrons. The second-order valence-corrected chi connectivity index (χ2v) is 5.84. The predicted molar refractivity (Wildman–Crippen MR) is 98.5 cm³/mol. The summed E-state index contributed by atoms with van der Waals surface area (Å²) in [6.45, 7) is 7.09. The van der Waals surface area contributed by atoms with Crippen molar-refractivity contribution in [3.05, 3.63) is 58.7 Å². The summed E-state index contributed by atoms with van der Waals surface area (Å²) in [4.78, 5) is 12.6. The third kappa shape index (κ3) is 3.75. The van der Waals surface area contributed by atoms with Gasteiger partial charge in [0.2, 0.25) is 5.88 Å². The molecule has 0 saturated carbocycles. The first kappa shape index (κ1) is 19.9. The van der Waals surface area contributed by atoms with Crippen molar-refractivity contribution < 1.29 is 24.1 Å². The second-order valence-electron chi connectivity index (χ2n) is 5.84. The fourth-order valence-corrected chi connectivity index (χ4v) is 3.01. The van der Waals surface area contributed by atoms with Crippen LogP contribution in [0.2, 0.25) is 0 Å². The van der Waals surface area contributed by atoms with Crippen LogP contribution in [0.25, 0.3) is 0 Å². The zero-order valence-electron chi connectivity index (χ0n) is 15.5. The summed E-state index contributed by atoms with van der Waals surface area (Å²) in [5.74, 6) is -1.47. The number of esters is 1. The Hall–Kier alpha value is -3.40. The number of ether oxygens (including phenoxy) is 3. The molecule has 27 heavy (non-hydrogen) atoms. The van der Waals surface area contributed by atoms with Crippen LogP contribution in [0, 0.1) is 11.3 Å². The molecule has 1 atom stereocenters. The molecule has 1 aliphatic rings. The minimum Gasteiger partial charge on any atom is -0.504 e. The number of rotatable bonds is 6.